The molecule has 0 aliphatic carbocycles. The average Bonchev–Trinajstić information content (AvgIpc) is 2.92. The van der Waals surface area contributed by atoms with Crippen molar-refractivity contribution in [3.63, 3.8) is 0 Å². The number of aryl methyl sites for hydroxylation is 2. The standard InChI is InChI=1S/C17H14N4O2S/c1-11-2-7-16-14(10-11)17-15(8-9-24-16)18-19-20(17)12-3-5-13(6-4-12)21(22)23/h2-7,10H,8-9H2,1H3. The molecule has 0 radical (unpaired) electrons. The highest BCUT2D eigenvalue weighted by molar-refractivity contribution is 7.99. The second-order valence-electron chi connectivity index (χ2n) is 5.67. The Morgan fingerprint density at radius 1 is 1.21 bits per heavy atom. The van der Waals surface area contributed by atoms with Crippen LogP contribution in [0.3, 0.4) is 0 Å². The summed E-state index contributed by atoms with van der Waals surface area (Å²) < 4.78 is 1.78. The van der Waals surface area contributed by atoms with Gasteiger partial charge in [-0.05, 0) is 31.2 Å². The lowest BCUT2D eigenvalue weighted by Gasteiger charge is -2.10. The normalized spacial score (nSPS) is 13.0. The van der Waals surface area contributed by atoms with E-state index < -0.39 is 4.92 Å². The number of fused-ring (bicyclic) bond motifs is 3. The van der Waals surface area contributed by atoms with E-state index in [0.717, 1.165) is 34.8 Å². The van der Waals surface area contributed by atoms with Crippen molar-refractivity contribution in [3.05, 3.63) is 63.8 Å². The number of hydrogen-bond donors (Lipinski definition) is 0. The van der Waals surface area contributed by atoms with Crippen LogP contribution in [0.25, 0.3) is 16.9 Å². The third kappa shape index (κ3) is 2.46. The van der Waals surface area contributed by atoms with Crippen LogP contribution in [0.4, 0.5) is 5.69 Å². The Hall–Kier alpha value is -2.67. The number of nitrogens with zero attached hydrogens (tertiary/aromatic N) is 4. The fourth-order valence-corrected chi connectivity index (χ4v) is 3.85. The Bertz CT molecular complexity index is 934. The summed E-state index contributed by atoms with van der Waals surface area (Å²) in [6.07, 6.45) is 0.848. The summed E-state index contributed by atoms with van der Waals surface area (Å²) >= 11 is 1.82. The summed E-state index contributed by atoms with van der Waals surface area (Å²) in [6, 6.07) is 12.8. The van der Waals surface area contributed by atoms with Crippen molar-refractivity contribution in [2.24, 2.45) is 0 Å². The molecule has 120 valence electrons. The topological polar surface area (TPSA) is 73.8 Å². The van der Waals surface area contributed by atoms with Crippen LogP contribution in [0.5, 0.6) is 0 Å². The smallest absolute Gasteiger partial charge is 0.258 e. The van der Waals surface area contributed by atoms with E-state index in [1.165, 1.54) is 22.6 Å². The lowest BCUT2D eigenvalue weighted by atomic mass is 10.1. The Morgan fingerprint density at radius 2 is 2.00 bits per heavy atom. The monoisotopic (exact) mass is 338 g/mol. The van der Waals surface area contributed by atoms with Crippen molar-refractivity contribution in [1.29, 1.82) is 0 Å². The SMILES string of the molecule is Cc1ccc2c(c1)-c1c(nnn1-c1ccc([N+](=O)[O-])cc1)CCS2. The zero-order valence-corrected chi connectivity index (χ0v) is 13.8. The first-order valence-electron chi connectivity index (χ1n) is 7.57. The van der Waals surface area contributed by atoms with Gasteiger partial charge in [-0.25, -0.2) is 4.68 Å². The second-order valence-corrected chi connectivity index (χ2v) is 6.80. The minimum absolute atomic E-state index is 0.0664. The molecule has 6 nitrogen and oxygen atoms in total. The molecule has 0 amide bonds. The molecule has 0 fully saturated rings. The van der Waals surface area contributed by atoms with Gasteiger partial charge in [0, 0.05) is 34.8 Å². The number of nitro benzene ring substituents is 1. The molecule has 24 heavy (non-hydrogen) atoms. The lowest BCUT2D eigenvalue weighted by Crippen LogP contribution is -2.01. The van der Waals surface area contributed by atoms with Crippen molar-refractivity contribution in [3.8, 4) is 16.9 Å². The van der Waals surface area contributed by atoms with E-state index in [4.69, 9.17) is 0 Å². The van der Waals surface area contributed by atoms with Crippen LogP contribution in [0.1, 0.15) is 11.3 Å². The molecule has 2 aromatic carbocycles. The molecular weight excluding hydrogens is 324 g/mol. The third-order valence-corrected chi connectivity index (χ3v) is 5.11. The second kappa shape index (κ2) is 5.76. The van der Waals surface area contributed by atoms with Crippen LogP contribution in [-0.4, -0.2) is 25.7 Å². The van der Waals surface area contributed by atoms with Gasteiger partial charge in [0.15, 0.2) is 0 Å². The molecule has 3 aromatic rings. The minimum Gasteiger partial charge on any atom is -0.258 e. The van der Waals surface area contributed by atoms with E-state index in [1.54, 1.807) is 16.8 Å². The van der Waals surface area contributed by atoms with Crippen LogP contribution in [0.2, 0.25) is 0 Å². The van der Waals surface area contributed by atoms with Gasteiger partial charge in [-0.15, -0.1) is 16.9 Å². The van der Waals surface area contributed by atoms with Gasteiger partial charge in [0.05, 0.1) is 22.0 Å². The maximum Gasteiger partial charge on any atom is 0.269 e. The van der Waals surface area contributed by atoms with Crippen LogP contribution in [0, 0.1) is 17.0 Å². The summed E-state index contributed by atoms with van der Waals surface area (Å²) in [5.74, 6) is 0.960. The summed E-state index contributed by atoms with van der Waals surface area (Å²) in [4.78, 5) is 11.7. The van der Waals surface area contributed by atoms with Gasteiger partial charge in [0.2, 0.25) is 0 Å². The Kier molecular flexibility index (Phi) is 3.57. The summed E-state index contributed by atoms with van der Waals surface area (Å²) in [6.45, 7) is 2.07. The van der Waals surface area contributed by atoms with Crippen LogP contribution >= 0.6 is 11.8 Å². The number of thioether (sulfide) groups is 1. The summed E-state index contributed by atoms with van der Waals surface area (Å²) in [5.41, 5.74) is 5.08. The summed E-state index contributed by atoms with van der Waals surface area (Å²) in [5, 5.41) is 19.5. The Labute approximate surface area is 142 Å². The predicted octanol–water partition coefficient (Wildman–Crippen LogP) is 3.80. The zero-order chi connectivity index (χ0) is 16.7. The van der Waals surface area contributed by atoms with Gasteiger partial charge in [0.25, 0.3) is 5.69 Å². The van der Waals surface area contributed by atoms with Crippen LogP contribution in [-0.2, 0) is 6.42 Å². The van der Waals surface area contributed by atoms with Gasteiger partial charge in [0.1, 0.15) is 0 Å². The molecule has 0 saturated carbocycles. The number of aromatic nitrogens is 3. The first kappa shape index (κ1) is 14.9. The highest BCUT2D eigenvalue weighted by Crippen LogP contribution is 2.38. The Morgan fingerprint density at radius 3 is 2.75 bits per heavy atom. The molecule has 0 N–H and O–H groups in total. The fraction of sp³-hybridized carbons (Fsp3) is 0.176. The Balaban J connectivity index is 1.89. The highest BCUT2D eigenvalue weighted by atomic mass is 32.2. The zero-order valence-electron chi connectivity index (χ0n) is 13.0. The van der Waals surface area contributed by atoms with Crippen LogP contribution in [0.15, 0.2) is 47.4 Å². The van der Waals surface area contributed by atoms with Gasteiger partial charge in [-0.3, -0.25) is 10.1 Å². The van der Waals surface area contributed by atoms with Crippen molar-refractivity contribution < 1.29 is 4.92 Å². The van der Waals surface area contributed by atoms with Gasteiger partial charge < -0.3 is 0 Å². The van der Waals surface area contributed by atoms with E-state index >= 15 is 0 Å². The molecule has 2 heterocycles. The van der Waals surface area contributed by atoms with E-state index in [9.17, 15) is 10.1 Å². The molecule has 0 unspecified atom stereocenters. The van der Waals surface area contributed by atoms with Gasteiger partial charge >= 0.3 is 0 Å². The number of rotatable bonds is 2. The van der Waals surface area contributed by atoms with Crippen molar-refractivity contribution in [2.75, 3.05) is 5.75 Å². The first-order valence-corrected chi connectivity index (χ1v) is 8.55. The molecule has 1 aliphatic rings. The number of benzene rings is 2. The van der Waals surface area contributed by atoms with Crippen molar-refractivity contribution in [1.82, 2.24) is 15.0 Å². The summed E-state index contributed by atoms with van der Waals surface area (Å²) in [7, 11) is 0. The molecule has 7 heteroatoms. The molecule has 0 saturated heterocycles. The maximum absolute atomic E-state index is 10.8. The maximum atomic E-state index is 10.8. The average molecular weight is 338 g/mol. The number of hydrogen-bond acceptors (Lipinski definition) is 5. The molecule has 1 aromatic heterocycles. The molecule has 0 atom stereocenters. The fourth-order valence-electron chi connectivity index (χ4n) is 2.86. The van der Waals surface area contributed by atoms with E-state index in [1.807, 2.05) is 11.8 Å². The minimum atomic E-state index is -0.402. The molecular formula is C17H14N4O2S. The first-order chi connectivity index (χ1) is 11.6. The number of nitro groups is 1. The van der Waals surface area contributed by atoms with Crippen LogP contribution < -0.4 is 0 Å². The molecule has 0 spiro atoms. The molecule has 1 aliphatic heterocycles. The highest BCUT2D eigenvalue weighted by Gasteiger charge is 2.22. The predicted molar refractivity (Wildman–Crippen MR) is 92.6 cm³/mol. The molecule has 0 bridgehead atoms. The van der Waals surface area contributed by atoms with Gasteiger partial charge in [-0.1, -0.05) is 16.8 Å². The van der Waals surface area contributed by atoms with Crippen molar-refractivity contribution in [2.45, 2.75) is 18.2 Å². The van der Waals surface area contributed by atoms with Crippen molar-refractivity contribution >= 4 is 17.4 Å². The number of non-ortho nitro benzene ring substituents is 1. The van der Waals surface area contributed by atoms with Gasteiger partial charge in [-0.2, -0.15) is 0 Å². The van der Waals surface area contributed by atoms with E-state index in [0.29, 0.717) is 0 Å². The third-order valence-electron chi connectivity index (χ3n) is 4.03. The lowest BCUT2D eigenvalue weighted by molar-refractivity contribution is -0.384. The van der Waals surface area contributed by atoms with E-state index in [2.05, 4.69) is 35.4 Å². The van der Waals surface area contributed by atoms with E-state index in [-0.39, 0.29) is 5.69 Å². The quantitative estimate of drug-likeness (QED) is 0.525. The largest absolute Gasteiger partial charge is 0.269 e. The molecule has 4 rings (SSSR count).